The number of ether oxygens (including phenoxy) is 1. The van der Waals surface area contributed by atoms with Gasteiger partial charge in [0.15, 0.2) is 0 Å². The van der Waals surface area contributed by atoms with Gasteiger partial charge in [0.2, 0.25) is 5.95 Å². The number of nitrogens with zero attached hydrogens (tertiary/aromatic N) is 4. The predicted molar refractivity (Wildman–Crippen MR) is 111 cm³/mol. The lowest BCUT2D eigenvalue weighted by molar-refractivity contribution is -0.274. The average Bonchev–Trinajstić information content (AvgIpc) is 3.24. The van der Waals surface area contributed by atoms with Crippen LogP contribution in [0.2, 0.25) is 0 Å². The van der Waals surface area contributed by atoms with Gasteiger partial charge in [-0.05, 0) is 23.8 Å². The monoisotopic (exact) mass is 439 g/mol. The minimum Gasteiger partial charge on any atom is -0.405 e. The number of benzene rings is 2. The molecular weight excluding hydrogens is 423 g/mol. The molecular formula is C21H16F3N7O. The molecule has 0 aliphatic rings. The second kappa shape index (κ2) is 8.81. The number of halogens is 3. The summed E-state index contributed by atoms with van der Waals surface area (Å²) in [6.45, 7) is 0.385. The number of hydrogen-bond acceptors (Lipinski definition) is 7. The Labute approximate surface area is 180 Å². The normalized spacial score (nSPS) is 11.2. The fourth-order valence-corrected chi connectivity index (χ4v) is 3.01. The Morgan fingerprint density at radius 1 is 1.06 bits per heavy atom. The van der Waals surface area contributed by atoms with E-state index in [2.05, 4.69) is 35.3 Å². The van der Waals surface area contributed by atoms with E-state index in [1.165, 1.54) is 24.4 Å². The van der Waals surface area contributed by atoms with Crippen LogP contribution in [-0.2, 0) is 13.1 Å². The van der Waals surface area contributed by atoms with Crippen molar-refractivity contribution >= 4 is 22.8 Å². The zero-order valence-electron chi connectivity index (χ0n) is 16.4. The topological polar surface area (TPSA) is 112 Å². The van der Waals surface area contributed by atoms with Crippen LogP contribution in [0.5, 0.6) is 5.75 Å². The first kappa shape index (κ1) is 20.9. The van der Waals surface area contributed by atoms with Gasteiger partial charge in [0, 0.05) is 18.7 Å². The van der Waals surface area contributed by atoms with Crippen molar-refractivity contribution < 1.29 is 17.9 Å². The van der Waals surface area contributed by atoms with E-state index in [0.29, 0.717) is 12.4 Å². The lowest BCUT2D eigenvalue weighted by Gasteiger charge is -2.14. The maximum absolute atomic E-state index is 12.6. The molecule has 4 aromatic rings. The van der Waals surface area contributed by atoms with E-state index < -0.39 is 6.36 Å². The summed E-state index contributed by atoms with van der Waals surface area (Å²) in [4.78, 5) is 15.6. The third kappa shape index (κ3) is 5.04. The first-order chi connectivity index (χ1) is 15.4. The number of nitriles is 1. The maximum atomic E-state index is 12.6. The van der Waals surface area contributed by atoms with Gasteiger partial charge in [-0.1, -0.05) is 24.3 Å². The van der Waals surface area contributed by atoms with Gasteiger partial charge in [-0.15, -0.1) is 13.2 Å². The maximum Gasteiger partial charge on any atom is 0.573 e. The quantitative estimate of drug-likeness (QED) is 0.393. The molecule has 3 N–H and O–H groups in total. The zero-order chi connectivity index (χ0) is 22.6. The molecule has 0 saturated carbocycles. The molecule has 2 aromatic carbocycles. The zero-order valence-corrected chi connectivity index (χ0v) is 16.4. The van der Waals surface area contributed by atoms with Crippen LogP contribution in [0.15, 0.2) is 55.0 Å². The van der Waals surface area contributed by atoms with Crippen molar-refractivity contribution in [1.82, 2.24) is 19.9 Å². The highest BCUT2D eigenvalue weighted by atomic mass is 19.4. The van der Waals surface area contributed by atoms with Gasteiger partial charge in [-0.25, -0.2) is 9.97 Å². The minimum atomic E-state index is -4.79. The van der Waals surface area contributed by atoms with Crippen molar-refractivity contribution in [3.8, 4) is 11.8 Å². The number of nitrogens with one attached hydrogen (secondary N) is 3. The molecule has 0 unspecified atom stereocenters. The molecule has 32 heavy (non-hydrogen) atoms. The Kier molecular flexibility index (Phi) is 5.76. The number of H-pyrrole nitrogens is 1. The number of fused-ring (bicyclic) bond motifs is 1. The third-order valence-corrected chi connectivity index (χ3v) is 4.49. The molecule has 0 aliphatic carbocycles. The fraction of sp³-hybridized carbons (Fsp3) is 0.143. The first-order valence-corrected chi connectivity index (χ1v) is 9.42. The van der Waals surface area contributed by atoms with E-state index in [9.17, 15) is 18.4 Å². The van der Waals surface area contributed by atoms with Crippen LogP contribution in [-0.4, -0.2) is 26.3 Å². The van der Waals surface area contributed by atoms with Gasteiger partial charge in [-0.2, -0.15) is 10.2 Å². The number of para-hydroxylation sites is 1. The van der Waals surface area contributed by atoms with Crippen LogP contribution in [0.1, 0.15) is 16.7 Å². The molecule has 0 saturated heterocycles. The van der Waals surface area contributed by atoms with E-state index >= 15 is 0 Å². The van der Waals surface area contributed by atoms with Crippen molar-refractivity contribution in [3.05, 3.63) is 71.7 Å². The second-order valence-electron chi connectivity index (χ2n) is 6.68. The molecule has 2 heterocycles. The summed E-state index contributed by atoms with van der Waals surface area (Å²) in [6.07, 6.45) is -1.85. The van der Waals surface area contributed by atoms with Gasteiger partial charge >= 0.3 is 6.36 Å². The summed E-state index contributed by atoms with van der Waals surface area (Å²) in [6, 6.07) is 13.5. The number of hydrogen-bond donors (Lipinski definition) is 3. The van der Waals surface area contributed by atoms with Crippen molar-refractivity contribution in [3.63, 3.8) is 0 Å². The number of imidazole rings is 1. The summed E-state index contributed by atoms with van der Waals surface area (Å²) in [5, 5.41) is 15.3. The number of rotatable bonds is 7. The highest BCUT2D eigenvalue weighted by Crippen LogP contribution is 2.26. The molecule has 11 heteroatoms. The predicted octanol–water partition coefficient (Wildman–Crippen LogP) is 4.35. The van der Waals surface area contributed by atoms with Crippen LogP contribution < -0.4 is 15.4 Å². The van der Waals surface area contributed by atoms with Crippen molar-refractivity contribution in [2.75, 3.05) is 10.6 Å². The smallest absolute Gasteiger partial charge is 0.405 e. The van der Waals surface area contributed by atoms with Crippen molar-refractivity contribution in [2.24, 2.45) is 0 Å². The van der Waals surface area contributed by atoms with Crippen molar-refractivity contribution in [2.45, 2.75) is 19.5 Å². The number of alkyl halides is 3. The van der Waals surface area contributed by atoms with Gasteiger partial charge < -0.3 is 20.4 Å². The van der Waals surface area contributed by atoms with Crippen LogP contribution in [0, 0.1) is 11.3 Å². The van der Waals surface area contributed by atoms with E-state index in [1.807, 2.05) is 24.3 Å². The van der Waals surface area contributed by atoms with Crippen LogP contribution in [0.25, 0.3) is 11.0 Å². The number of anilines is 2. The third-order valence-electron chi connectivity index (χ3n) is 4.49. The molecule has 0 fully saturated rings. The highest BCUT2D eigenvalue weighted by molar-refractivity contribution is 5.75. The Bertz CT molecular complexity index is 1280. The highest BCUT2D eigenvalue weighted by Gasteiger charge is 2.31. The Morgan fingerprint density at radius 2 is 1.91 bits per heavy atom. The number of aromatic nitrogens is 4. The van der Waals surface area contributed by atoms with E-state index in [0.717, 1.165) is 16.6 Å². The molecule has 8 nitrogen and oxygen atoms in total. The van der Waals surface area contributed by atoms with Gasteiger partial charge in [0.05, 0.1) is 23.6 Å². The summed E-state index contributed by atoms with van der Waals surface area (Å²) in [7, 11) is 0. The standard InChI is InChI=1S/C21H16F3N7O/c22-21(23,24)32-18-4-2-1-3-14(18)10-27-20-28-11-15(8-25)19(31-20)26-9-13-5-6-16-17(7-13)30-12-29-16/h1-7,11-12H,9-10H2,(H,29,30)(H2,26,27,28,31). The van der Waals surface area contributed by atoms with Crippen molar-refractivity contribution in [1.29, 1.82) is 5.26 Å². The van der Waals surface area contributed by atoms with Gasteiger partial charge in [-0.3, -0.25) is 0 Å². The Balaban J connectivity index is 1.47. The van der Waals surface area contributed by atoms with E-state index in [-0.39, 0.29) is 29.4 Å². The molecule has 0 radical (unpaired) electrons. The molecule has 0 spiro atoms. The lowest BCUT2D eigenvalue weighted by atomic mass is 10.2. The molecule has 162 valence electrons. The summed E-state index contributed by atoms with van der Waals surface area (Å²) in [5.41, 5.74) is 3.18. The molecule has 2 aromatic heterocycles. The molecule has 0 aliphatic heterocycles. The van der Waals surface area contributed by atoms with Gasteiger partial charge in [0.25, 0.3) is 0 Å². The van der Waals surface area contributed by atoms with E-state index in [1.54, 1.807) is 12.4 Å². The first-order valence-electron chi connectivity index (χ1n) is 9.42. The van der Waals surface area contributed by atoms with E-state index in [4.69, 9.17) is 0 Å². The second-order valence-corrected chi connectivity index (χ2v) is 6.68. The Morgan fingerprint density at radius 3 is 2.72 bits per heavy atom. The SMILES string of the molecule is N#Cc1cnc(NCc2ccccc2OC(F)(F)F)nc1NCc1ccc2nc[nH]c2c1. The lowest BCUT2D eigenvalue weighted by Crippen LogP contribution is -2.18. The molecule has 4 rings (SSSR count). The molecule has 0 atom stereocenters. The average molecular weight is 439 g/mol. The van der Waals surface area contributed by atoms with Crippen LogP contribution in [0.3, 0.4) is 0 Å². The van der Waals surface area contributed by atoms with Crippen LogP contribution in [0.4, 0.5) is 24.9 Å². The van der Waals surface area contributed by atoms with Gasteiger partial charge in [0.1, 0.15) is 23.2 Å². The fourth-order valence-electron chi connectivity index (χ4n) is 3.01. The summed E-state index contributed by atoms with van der Waals surface area (Å²) < 4.78 is 41.9. The van der Waals surface area contributed by atoms with Crippen LogP contribution >= 0.6 is 0 Å². The largest absolute Gasteiger partial charge is 0.573 e. The molecule has 0 amide bonds. The summed E-state index contributed by atoms with van der Waals surface area (Å²) in [5.74, 6) is 0.139. The molecule has 0 bridgehead atoms. The minimum absolute atomic E-state index is 0.00587. The summed E-state index contributed by atoms with van der Waals surface area (Å²) >= 11 is 0. The number of aromatic amines is 1. The Hall–Kier alpha value is -4.33.